The van der Waals surface area contributed by atoms with Crippen molar-refractivity contribution < 1.29 is 14.0 Å². The molecule has 0 bridgehead atoms. The lowest BCUT2D eigenvalue weighted by Crippen LogP contribution is -2.13. The molecule has 0 unspecified atom stereocenters. The van der Waals surface area contributed by atoms with E-state index in [-0.39, 0.29) is 17.0 Å². The molecule has 5 nitrogen and oxygen atoms in total. The van der Waals surface area contributed by atoms with Crippen LogP contribution in [0, 0.1) is 17.1 Å². The number of benzene rings is 2. The maximum atomic E-state index is 13.6. The Kier molecular flexibility index (Phi) is 5.42. The molecule has 0 radical (unpaired) electrons. The van der Waals surface area contributed by atoms with Gasteiger partial charge < -0.3 is 10.6 Å². The molecule has 0 saturated carbocycles. The van der Waals surface area contributed by atoms with Crippen LogP contribution in [0.2, 0.25) is 0 Å². The van der Waals surface area contributed by atoms with E-state index in [1.54, 1.807) is 36.4 Å². The van der Waals surface area contributed by atoms with E-state index >= 15 is 0 Å². The van der Waals surface area contributed by atoms with Gasteiger partial charge in [0.1, 0.15) is 17.5 Å². The third-order valence-electron chi connectivity index (χ3n) is 3.03. The van der Waals surface area contributed by atoms with Gasteiger partial charge in [0.15, 0.2) is 0 Å². The quantitative estimate of drug-likeness (QED) is 0.669. The van der Waals surface area contributed by atoms with Gasteiger partial charge in [0.05, 0.1) is 0 Å². The summed E-state index contributed by atoms with van der Waals surface area (Å²) in [6, 6.07) is 14.0. The number of nitrogens with zero attached hydrogens (tertiary/aromatic N) is 1. The summed E-state index contributed by atoms with van der Waals surface area (Å²) < 4.78 is 13.6. The van der Waals surface area contributed by atoms with Crippen LogP contribution in [0.5, 0.6) is 0 Å². The molecule has 0 aliphatic carbocycles. The lowest BCUT2D eigenvalue weighted by Gasteiger charge is -2.06. The second-order valence-corrected chi connectivity index (χ2v) is 4.90. The van der Waals surface area contributed by atoms with Crippen molar-refractivity contribution in [2.45, 2.75) is 6.92 Å². The molecule has 2 aromatic carbocycles. The highest BCUT2D eigenvalue weighted by atomic mass is 19.1. The molecule has 0 spiro atoms. The molecule has 0 aliphatic rings. The van der Waals surface area contributed by atoms with Crippen molar-refractivity contribution in [2.75, 3.05) is 10.6 Å². The summed E-state index contributed by atoms with van der Waals surface area (Å²) >= 11 is 0. The van der Waals surface area contributed by atoms with Crippen LogP contribution < -0.4 is 10.6 Å². The van der Waals surface area contributed by atoms with Gasteiger partial charge in [0.2, 0.25) is 5.91 Å². The highest BCUT2D eigenvalue weighted by molar-refractivity contribution is 6.09. The van der Waals surface area contributed by atoms with Gasteiger partial charge in [-0.15, -0.1) is 0 Å². The molecular formula is C18H14FN3O2. The van der Waals surface area contributed by atoms with E-state index in [0.29, 0.717) is 11.4 Å². The highest BCUT2D eigenvalue weighted by Crippen LogP contribution is 2.16. The SMILES string of the molecule is CC(=O)Nc1ccc(NC(=O)/C(C#N)=C/c2ccccc2F)cc1. The van der Waals surface area contributed by atoms with E-state index in [1.807, 2.05) is 0 Å². The average Bonchev–Trinajstić information content (AvgIpc) is 2.55. The van der Waals surface area contributed by atoms with Crippen molar-refractivity contribution in [1.82, 2.24) is 0 Å². The number of anilines is 2. The van der Waals surface area contributed by atoms with E-state index < -0.39 is 11.7 Å². The molecule has 0 aliphatic heterocycles. The van der Waals surface area contributed by atoms with Gasteiger partial charge in [0, 0.05) is 23.9 Å². The maximum absolute atomic E-state index is 13.6. The molecule has 120 valence electrons. The maximum Gasteiger partial charge on any atom is 0.266 e. The topological polar surface area (TPSA) is 82.0 Å². The van der Waals surface area contributed by atoms with Crippen molar-refractivity contribution in [1.29, 1.82) is 5.26 Å². The largest absolute Gasteiger partial charge is 0.326 e. The van der Waals surface area contributed by atoms with E-state index in [4.69, 9.17) is 5.26 Å². The third-order valence-corrected chi connectivity index (χ3v) is 3.03. The number of hydrogen-bond acceptors (Lipinski definition) is 3. The molecule has 0 fully saturated rings. The fourth-order valence-electron chi connectivity index (χ4n) is 1.93. The Morgan fingerprint density at radius 2 is 1.62 bits per heavy atom. The van der Waals surface area contributed by atoms with Gasteiger partial charge in [-0.1, -0.05) is 18.2 Å². The number of amides is 2. The van der Waals surface area contributed by atoms with Crippen molar-refractivity contribution >= 4 is 29.3 Å². The smallest absolute Gasteiger partial charge is 0.266 e. The van der Waals surface area contributed by atoms with E-state index in [2.05, 4.69) is 10.6 Å². The van der Waals surface area contributed by atoms with Gasteiger partial charge in [-0.2, -0.15) is 5.26 Å². The van der Waals surface area contributed by atoms with Crippen molar-refractivity contribution in [3.63, 3.8) is 0 Å². The summed E-state index contributed by atoms with van der Waals surface area (Å²) in [5.41, 5.74) is 0.975. The Bertz CT molecular complexity index is 836. The first-order chi connectivity index (χ1) is 11.5. The van der Waals surface area contributed by atoms with E-state index in [9.17, 15) is 14.0 Å². The molecule has 2 N–H and O–H groups in total. The van der Waals surface area contributed by atoms with Gasteiger partial charge in [-0.25, -0.2) is 4.39 Å². The second kappa shape index (κ2) is 7.70. The average molecular weight is 323 g/mol. The number of carbonyl (C=O) groups is 2. The van der Waals surface area contributed by atoms with Crippen LogP contribution in [0.3, 0.4) is 0 Å². The Morgan fingerprint density at radius 3 is 2.17 bits per heavy atom. The zero-order valence-electron chi connectivity index (χ0n) is 12.8. The Labute approximate surface area is 138 Å². The van der Waals surface area contributed by atoms with Gasteiger partial charge in [-0.3, -0.25) is 9.59 Å². The number of carbonyl (C=O) groups excluding carboxylic acids is 2. The first-order valence-corrected chi connectivity index (χ1v) is 7.05. The van der Waals surface area contributed by atoms with Crippen LogP contribution in [0.25, 0.3) is 6.08 Å². The van der Waals surface area contributed by atoms with Gasteiger partial charge in [-0.05, 0) is 36.4 Å². The van der Waals surface area contributed by atoms with Crippen LogP contribution in [0.1, 0.15) is 12.5 Å². The summed E-state index contributed by atoms with van der Waals surface area (Å²) in [7, 11) is 0. The first kappa shape index (κ1) is 16.9. The van der Waals surface area contributed by atoms with Gasteiger partial charge >= 0.3 is 0 Å². The molecule has 24 heavy (non-hydrogen) atoms. The molecule has 6 heteroatoms. The summed E-state index contributed by atoms with van der Waals surface area (Å²) in [6.07, 6.45) is 1.19. The number of halogens is 1. The van der Waals surface area contributed by atoms with Crippen LogP contribution in [0.4, 0.5) is 15.8 Å². The summed E-state index contributed by atoms with van der Waals surface area (Å²) in [5, 5.41) is 14.3. The summed E-state index contributed by atoms with van der Waals surface area (Å²) in [6.45, 7) is 1.39. The predicted molar refractivity (Wildman–Crippen MR) is 89.4 cm³/mol. The van der Waals surface area contributed by atoms with Crippen molar-refractivity contribution in [3.05, 3.63) is 65.5 Å². The standard InChI is InChI=1S/C18H14FN3O2/c1-12(23)21-15-6-8-16(9-7-15)22-18(24)14(11-20)10-13-4-2-3-5-17(13)19/h2-10H,1H3,(H,21,23)(H,22,24)/b14-10+. The lowest BCUT2D eigenvalue weighted by molar-refractivity contribution is -0.114. The first-order valence-electron chi connectivity index (χ1n) is 7.05. The van der Waals surface area contributed by atoms with Crippen LogP contribution in [0.15, 0.2) is 54.1 Å². The Balaban J connectivity index is 2.14. The van der Waals surface area contributed by atoms with E-state index in [0.717, 1.165) is 0 Å². The zero-order valence-corrected chi connectivity index (χ0v) is 12.8. The summed E-state index contributed by atoms with van der Waals surface area (Å²) in [4.78, 5) is 23.1. The Morgan fingerprint density at radius 1 is 1.04 bits per heavy atom. The normalized spacial score (nSPS) is 10.6. The number of nitrogens with one attached hydrogen (secondary N) is 2. The molecular weight excluding hydrogens is 309 g/mol. The third kappa shape index (κ3) is 4.52. The minimum absolute atomic E-state index is 0.158. The molecule has 0 saturated heterocycles. The molecule has 0 atom stereocenters. The predicted octanol–water partition coefficient (Wildman–Crippen LogP) is 3.33. The minimum atomic E-state index is -0.645. The minimum Gasteiger partial charge on any atom is -0.326 e. The lowest BCUT2D eigenvalue weighted by atomic mass is 10.1. The van der Waals surface area contributed by atoms with Crippen LogP contribution in [-0.4, -0.2) is 11.8 Å². The zero-order chi connectivity index (χ0) is 17.5. The van der Waals surface area contributed by atoms with Crippen LogP contribution in [-0.2, 0) is 9.59 Å². The number of nitriles is 1. The molecule has 2 rings (SSSR count). The molecule has 2 aromatic rings. The summed E-state index contributed by atoms with van der Waals surface area (Å²) in [5.74, 6) is -1.36. The Hall–Kier alpha value is -3.46. The van der Waals surface area contributed by atoms with Crippen LogP contribution >= 0.6 is 0 Å². The van der Waals surface area contributed by atoms with Crippen molar-refractivity contribution in [3.8, 4) is 6.07 Å². The second-order valence-electron chi connectivity index (χ2n) is 4.90. The highest BCUT2D eigenvalue weighted by Gasteiger charge is 2.11. The number of hydrogen-bond donors (Lipinski definition) is 2. The number of rotatable bonds is 4. The molecule has 0 aromatic heterocycles. The van der Waals surface area contributed by atoms with Gasteiger partial charge in [0.25, 0.3) is 5.91 Å². The fourth-order valence-corrected chi connectivity index (χ4v) is 1.93. The molecule has 0 heterocycles. The van der Waals surface area contributed by atoms with E-state index in [1.165, 1.54) is 31.2 Å². The fraction of sp³-hybridized carbons (Fsp3) is 0.0556. The molecule has 2 amide bonds. The van der Waals surface area contributed by atoms with Crippen molar-refractivity contribution in [2.24, 2.45) is 0 Å². The monoisotopic (exact) mass is 323 g/mol.